The second-order valence-corrected chi connectivity index (χ2v) is 3.44. The summed E-state index contributed by atoms with van der Waals surface area (Å²) in [6.45, 7) is 0.868. The molecular weight excluding hydrogens is 162 g/mol. The van der Waals surface area contributed by atoms with Gasteiger partial charge in [-0.1, -0.05) is 18.2 Å². The van der Waals surface area contributed by atoms with Crippen LogP contribution in [0.3, 0.4) is 0 Å². The lowest BCUT2D eigenvalue weighted by Gasteiger charge is -2.23. The van der Waals surface area contributed by atoms with Crippen LogP contribution in [0.25, 0.3) is 0 Å². The number of hydrogen-bond acceptors (Lipinski definition) is 3. The summed E-state index contributed by atoms with van der Waals surface area (Å²) in [6, 6.07) is 0. The number of hydrogen-bond donors (Lipinski definition) is 3. The van der Waals surface area contributed by atoms with Gasteiger partial charge in [-0.3, -0.25) is 11.3 Å². The quantitative estimate of drug-likeness (QED) is 0.438. The van der Waals surface area contributed by atoms with Crippen LogP contribution in [0, 0.1) is 11.8 Å². The van der Waals surface area contributed by atoms with Gasteiger partial charge in [0.1, 0.15) is 0 Å². The van der Waals surface area contributed by atoms with Crippen LogP contribution in [0.4, 0.5) is 0 Å². The molecule has 0 aromatic rings. The lowest BCUT2D eigenvalue weighted by molar-refractivity contribution is 0.472. The second kappa shape index (κ2) is 3.77. The van der Waals surface area contributed by atoms with E-state index in [1.54, 1.807) is 0 Å². The van der Waals surface area contributed by atoms with Gasteiger partial charge in [-0.25, -0.2) is 0 Å². The minimum atomic E-state index is 0.540. The zero-order valence-corrected chi connectivity index (χ0v) is 7.53. The highest BCUT2D eigenvalue weighted by Gasteiger charge is 2.24. The van der Waals surface area contributed by atoms with E-state index in [2.05, 4.69) is 35.0 Å². The minimum Gasteiger partial charge on any atom is -0.365 e. The van der Waals surface area contributed by atoms with Crippen molar-refractivity contribution in [2.24, 2.45) is 17.7 Å². The zero-order valence-electron chi connectivity index (χ0n) is 7.53. The molecule has 3 heteroatoms. The summed E-state index contributed by atoms with van der Waals surface area (Å²) in [7, 11) is 0. The standard InChI is InChI=1S/C10H15N3/c11-13-7-4-8-2-1-3-10-9(8)5-6-12-10/h1-3,5-6,8-9,12-13H,4,7,11H2. The molecule has 0 fully saturated rings. The van der Waals surface area contributed by atoms with Crippen LogP contribution in [-0.4, -0.2) is 6.54 Å². The van der Waals surface area contributed by atoms with Gasteiger partial charge < -0.3 is 5.32 Å². The van der Waals surface area contributed by atoms with Gasteiger partial charge in [0.25, 0.3) is 0 Å². The molecule has 1 aliphatic heterocycles. The molecule has 0 aromatic carbocycles. The third-order valence-corrected chi connectivity index (χ3v) is 2.63. The Kier molecular flexibility index (Phi) is 2.47. The van der Waals surface area contributed by atoms with E-state index in [-0.39, 0.29) is 0 Å². The Balaban J connectivity index is 2.01. The van der Waals surface area contributed by atoms with Crippen molar-refractivity contribution in [3.8, 4) is 0 Å². The molecule has 1 heterocycles. The third kappa shape index (κ3) is 1.66. The summed E-state index contributed by atoms with van der Waals surface area (Å²) in [5, 5.41) is 3.24. The molecule has 2 atom stereocenters. The average molecular weight is 177 g/mol. The van der Waals surface area contributed by atoms with Crippen LogP contribution in [0.5, 0.6) is 0 Å². The first kappa shape index (κ1) is 8.53. The maximum Gasteiger partial charge on any atom is 0.0250 e. The summed E-state index contributed by atoms with van der Waals surface area (Å²) < 4.78 is 0. The van der Waals surface area contributed by atoms with Gasteiger partial charge in [0.2, 0.25) is 0 Å². The van der Waals surface area contributed by atoms with Crippen LogP contribution in [0.2, 0.25) is 0 Å². The summed E-state index contributed by atoms with van der Waals surface area (Å²) in [5.74, 6) is 6.39. The van der Waals surface area contributed by atoms with Gasteiger partial charge in [0.05, 0.1) is 0 Å². The van der Waals surface area contributed by atoms with Crippen LogP contribution >= 0.6 is 0 Å². The van der Waals surface area contributed by atoms with Crippen molar-refractivity contribution in [3.63, 3.8) is 0 Å². The van der Waals surface area contributed by atoms with Crippen LogP contribution in [0.1, 0.15) is 6.42 Å². The summed E-state index contributed by atoms with van der Waals surface area (Å²) >= 11 is 0. The predicted molar refractivity (Wildman–Crippen MR) is 53.3 cm³/mol. The first-order valence-corrected chi connectivity index (χ1v) is 4.67. The fraction of sp³-hybridized carbons (Fsp3) is 0.400. The molecule has 13 heavy (non-hydrogen) atoms. The van der Waals surface area contributed by atoms with E-state index in [1.165, 1.54) is 5.70 Å². The van der Waals surface area contributed by atoms with Gasteiger partial charge in [0.15, 0.2) is 0 Å². The van der Waals surface area contributed by atoms with E-state index >= 15 is 0 Å². The first-order valence-electron chi connectivity index (χ1n) is 4.67. The van der Waals surface area contributed by atoms with E-state index in [4.69, 9.17) is 5.84 Å². The molecule has 0 bridgehead atoms. The molecule has 0 amide bonds. The van der Waals surface area contributed by atoms with Crippen LogP contribution < -0.4 is 16.6 Å². The number of nitrogens with one attached hydrogen (secondary N) is 2. The third-order valence-electron chi connectivity index (χ3n) is 2.63. The van der Waals surface area contributed by atoms with E-state index < -0.39 is 0 Å². The average Bonchev–Trinajstić information content (AvgIpc) is 2.62. The van der Waals surface area contributed by atoms with Gasteiger partial charge in [-0.15, -0.1) is 0 Å². The van der Waals surface area contributed by atoms with Gasteiger partial charge in [-0.2, -0.15) is 0 Å². The monoisotopic (exact) mass is 177 g/mol. The van der Waals surface area contributed by atoms with E-state index in [0.29, 0.717) is 11.8 Å². The highest BCUT2D eigenvalue weighted by Crippen LogP contribution is 2.30. The summed E-state index contributed by atoms with van der Waals surface area (Å²) in [5.41, 5.74) is 4.01. The SMILES string of the molecule is NNCCC1C=CC=C2NC=CC21. The van der Waals surface area contributed by atoms with Crippen LogP contribution in [-0.2, 0) is 0 Å². The topological polar surface area (TPSA) is 50.1 Å². The van der Waals surface area contributed by atoms with Crippen molar-refractivity contribution in [2.45, 2.75) is 6.42 Å². The first-order chi connectivity index (χ1) is 6.42. The summed E-state index contributed by atoms with van der Waals surface area (Å²) in [4.78, 5) is 0. The van der Waals surface area contributed by atoms with Crippen LogP contribution in [0.15, 0.2) is 36.2 Å². The van der Waals surface area contributed by atoms with Crippen molar-refractivity contribution >= 4 is 0 Å². The molecule has 0 radical (unpaired) electrons. The summed E-state index contributed by atoms with van der Waals surface area (Å²) in [6.07, 6.45) is 11.8. The van der Waals surface area contributed by atoms with Crippen molar-refractivity contribution < 1.29 is 0 Å². The molecule has 2 aliphatic rings. The Morgan fingerprint density at radius 2 is 2.38 bits per heavy atom. The smallest absolute Gasteiger partial charge is 0.0250 e. The predicted octanol–water partition coefficient (Wildman–Crippen LogP) is 0.643. The fourth-order valence-electron chi connectivity index (χ4n) is 1.93. The van der Waals surface area contributed by atoms with E-state index in [0.717, 1.165) is 13.0 Å². The lowest BCUT2D eigenvalue weighted by Crippen LogP contribution is -2.27. The normalized spacial score (nSPS) is 29.8. The molecule has 1 aliphatic carbocycles. The minimum absolute atomic E-state index is 0.540. The molecule has 0 saturated heterocycles. The Morgan fingerprint density at radius 1 is 1.46 bits per heavy atom. The van der Waals surface area contributed by atoms with Crippen molar-refractivity contribution in [1.29, 1.82) is 0 Å². The molecule has 0 saturated carbocycles. The highest BCUT2D eigenvalue weighted by atomic mass is 15.2. The van der Waals surface area contributed by atoms with Crippen molar-refractivity contribution in [1.82, 2.24) is 10.7 Å². The lowest BCUT2D eigenvalue weighted by atomic mass is 9.85. The number of hydrazine groups is 1. The molecular formula is C10H15N3. The number of rotatable bonds is 3. The van der Waals surface area contributed by atoms with E-state index in [1.807, 2.05) is 6.20 Å². The molecule has 3 nitrogen and oxygen atoms in total. The van der Waals surface area contributed by atoms with Gasteiger partial charge in [-0.05, 0) is 24.6 Å². The maximum absolute atomic E-state index is 5.26. The second-order valence-electron chi connectivity index (χ2n) is 3.44. The van der Waals surface area contributed by atoms with Crippen molar-refractivity contribution in [2.75, 3.05) is 6.54 Å². The molecule has 2 unspecified atom stereocenters. The number of fused-ring (bicyclic) bond motifs is 1. The molecule has 70 valence electrons. The van der Waals surface area contributed by atoms with Gasteiger partial charge >= 0.3 is 0 Å². The Labute approximate surface area is 78.4 Å². The van der Waals surface area contributed by atoms with Gasteiger partial charge in [0, 0.05) is 18.2 Å². The largest absolute Gasteiger partial charge is 0.365 e. The van der Waals surface area contributed by atoms with Crippen molar-refractivity contribution in [3.05, 3.63) is 36.2 Å². The molecule has 2 rings (SSSR count). The zero-order chi connectivity index (χ0) is 9.10. The number of allylic oxidation sites excluding steroid dienone is 4. The fourth-order valence-corrected chi connectivity index (χ4v) is 1.93. The molecule has 0 aromatic heterocycles. The Bertz CT molecular complexity index is 265. The Morgan fingerprint density at radius 3 is 3.23 bits per heavy atom. The number of nitrogens with two attached hydrogens (primary N) is 1. The highest BCUT2D eigenvalue weighted by molar-refractivity contribution is 5.30. The maximum atomic E-state index is 5.26. The molecule has 0 spiro atoms. The molecule has 4 N–H and O–H groups in total. The van der Waals surface area contributed by atoms with E-state index in [9.17, 15) is 0 Å². The Hall–Kier alpha value is -1.06.